The molecule has 2 rings (SSSR count). The number of aliphatic carboxylic acids is 2. The first-order valence-electron chi connectivity index (χ1n) is 5.70. The predicted octanol–water partition coefficient (Wildman–Crippen LogP) is -0.716. The van der Waals surface area contributed by atoms with Crippen molar-refractivity contribution in [2.24, 2.45) is 0 Å². The lowest BCUT2D eigenvalue weighted by Crippen LogP contribution is -2.42. The fourth-order valence-corrected chi connectivity index (χ4v) is 4.14. The van der Waals surface area contributed by atoms with Crippen molar-refractivity contribution in [3.05, 3.63) is 0 Å². The average molecular weight is 348 g/mol. The second-order valence-electron chi connectivity index (χ2n) is 4.24. The van der Waals surface area contributed by atoms with Crippen molar-refractivity contribution >= 4 is 57.8 Å². The van der Waals surface area contributed by atoms with Crippen LogP contribution in [0.25, 0.3) is 0 Å². The Morgan fingerprint density at radius 1 is 0.818 bits per heavy atom. The molecule has 10 nitrogen and oxygen atoms in total. The standard InChI is InChI=1S/C10H8N2O8S2/c13-3(14)1-11-7(17)5(21-9(11)19)6-8(18)12(2-4(15)16)10(20)22-6/h5-6H,1-2H2,(H,13,14)(H,15,16). The highest BCUT2D eigenvalue weighted by Gasteiger charge is 2.53. The topological polar surface area (TPSA) is 149 Å². The third-order valence-electron chi connectivity index (χ3n) is 2.78. The van der Waals surface area contributed by atoms with Crippen LogP contribution in [0.15, 0.2) is 0 Å². The Hall–Kier alpha value is -2.08. The zero-order valence-electron chi connectivity index (χ0n) is 10.6. The van der Waals surface area contributed by atoms with E-state index < -0.39 is 57.8 Å². The van der Waals surface area contributed by atoms with Gasteiger partial charge in [0.15, 0.2) is 0 Å². The summed E-state index contributed by atoms with van der Waals surface area (Å²) in [5.74, 6) is -4.55. The van der Waals surface area contributed by atoms with Crippen LogP contribution in [0.3, 0.4) is 0 Å². The van der Waals surface area contributed by atoms with Gasteiger partial charge in [-0.1, -0.05) is 0 Å². The molecule has 2 fully saturated rings. The van der Waals surface area contributed by atoms with Crippen molar-refractivity contribution in [3.63, 3.8) is 0 Å². The number of rotatable bonds is 5. The zero-order valence-corrected chi connectivity index (χ0v) is 12.3. The van der Waals surface area contributed by atoms with Gasteiger partial charge in [-0.3, -0.25) is 38.6 Å². The number of carboxylic acid groups (broad SMARTS) is 2. The Kier molecular flexibility index (Phi) is 4.42. The molecule has 0 aromatic heterocycles. The minimum atomic E-state index is -1.39. The van der Waals surface area contributed by atoms with Gasteiger partial charge < -0.3 is 10.2 Å². The lowest BCUT2D eigenvalue weighted by atomic mass is 10.2. The molecule has 2 heterocycles. The van der Waals surface area contributed by atoms with Gasteiger partial charge in [0.1, 0.15) is 23.6 Å². The van der Waals surface area contributed by atoms with E-state index in [4.69, 9.17) is 10.2 Å². The minimum Gasteiger partial charge on any atom is -0.480 e. The second-order valence-corrected chi connectivity index (χ2v) is 6.43. The SMILES string of the molecule is O=C(O)CN1C(=O)SC(C2SC(=O)N(CC(=O)O)C2=O)C1=O. The highest BCUT2D eigenvalue weighted by atomic mass is 32.2. The monoisotopic (exact) mass is 348 g/mol. The normalized spacial score (nSPS) is 25.3. The summed E-state index contributed by atoms with van der Waals surface area (Å²) in [7, 11) is 0. The van der Waals surface area contributed by atoms with Crippen LogP contribution in [0.2, 0.25) is 0 Å². The molecule has 4 amide bonds. The van der Waals surface area contributed by atoms with E-state index in [-0.39, 0.29) is 0 Å². The number of imide groups is 2. The first-order chi connectivity index (χ1) is 10.2. The van der Waals surface area contributed by atoms with E-state index in [1.165, 1.54) is 0 Å². The summed E-state index contributed by atoms with van der Waals surface area (Å²) >= 11 is 0.908. The van der Waals surface area contributed by atoms with Crippen molar-refractivity contribution in [1.29, 1.82) is 0 Å². The van der Waals surface area contributed by atoms with E-state index in [1.54, 1.807) is 0 Å². The van der Waals surface area contributed by atoms with Gasteiger partial charge in [0.05, 0.1) is 0 Å². The summed E-state index contributed by atoms with van der Waals surface area (Å²) in [6.45, 7) is -1.67. The van der Waals surface area contributed by atoms with Crippen molar-refractivity contribution in [1.82, 2.24) is 9.80 Å². The summed E-state index contributed by atoms with van der Waals surface area (Å²) < 4.78 is 0. The Bertz CT molecular complexity index is 554. The molecule has 2 N–H and O–H groups in total. The lowest BCUT2D eigenvalue weighted by molar-refractivity contribution is -0.143. The number of nitrogens with zero attached hydrogens (tertiary/aromatic N) is 2. The summed E-state index contributed by atoms with van der Waals surface area (Å²) in [5.41, 5.74) is 0. The number of hydrogen-bond acceptors (Lipinski definition) is 8. The third kappa shape index (κ3) is 2.92. The van der Waals surface area contributed by atoms with Gasteiger partial charge in [-0.25, -0.2) is 0 Å². The molecule has 22 heavy (non-hydrogen) atoms. The van der Waals surface area contributed by atoms with Crippen LogP contribution in [0.1, 0.15) is 0 Å². The molecule has 118 valence electrons. The van der Waals surface area contributed by atoms with Crippen LogP contribution >= 0.6 is 23.5 Å². The van der Waals surface area contributed by atoms with Crippen molar-refractivity contribution < 1.29 is 39.0 Å². The molecule has 2 aliphatic heterocycles. The molecule has 2 atom stereocenters. The Morgan fingerprint density at radius 3 is 1.41 bits per heavy atom. The largest absolute Gasteiger partial charge is 0.480 e. The van der Waals surface area contributed by atoms with Gasteiger partial charge in [0.25, 0.3) is 10.5 Å². The molecular weight excluding hydrogens is 340 g/mol. The number of thioether (sulfide) groups is 2. The van der Waals surface area contributed by atoms with E-state index in [0.29, 0.717) is 33.3 Å². The molecule has 2 aliphatic rings. The molecular formula is C10H8N2O8S2. The van der Waals surface area contributed by atoms with Gasteiger partial charge in [0, 0.05) is 0 Å². The summed E-state index contributed by atoms with van der Waals surface area (Å²) in [6, 6.07) is 0. The summed E-state index contributed by atoms with van der Waals surface area (Å²) in [5, 5.41) is 13.1. The third-order valence-corrected chi connectivity index (χ3v) is 5.25. The molecule has 12 heteroatoms. The average Bonchev–Trinajstić information content (AvgIpc) is 2.82. The van der Waals surface area contributed by atoms with Gasteiger partial charge in [-0.15, -0.1) is 0 Å². The van der Waals surface area contributed by atoms with Gasteiger partial charge in [-0.05, 0) is 23.5 Å². The molecule has 2 unspecified atom stereocenters. The van der Waals surface area contributed by atoms with E-state index >= 15 is 0 Å². The van der Waals surface area contributed by atoms with Gasteiger partial charge in [-0.2, -0.15) is 0 Å². The Morgan fingerprint density at radius 2 is 1.14 bits per heavy atom. The minimum absolute atomic E-state index is 0.454. The maximum absolute atomic E-state index is 12.0. The predicted molar refractivity (Wildman–Crippen MR) is 72.2 cm³/mol. The quantitative estimate of drug-likeness (QED) is 0.652. The molecule has 0 aromatic carbocycles. The van der Waals surface area contributed by atoms with Gasteiger partial charge in [0.2, 0.25) is 11.8 Å². The maximum atomic E-state index is 12.0. The van der Waals surface area contributed by atoms with Crippen LogP contribution < -0.4 is 0 Å². The van der Waals surface area contributed by atoms with Crippen LogP contribution in [0, 0.1) is 0 Å². The maximum Gasteiger partial charge on any atom is 0.323 e. The van der Waals surface area contributed by atoms with Crippen LogP contribution in [0.4, 0.5) is 9.59 Å². The van der Waals surface area contributed by atoms with E-state index in [2.05, 4.69) is 0 Å². The first-order valence-corrected chi connectivity index (χ1v) is 7.46. The number of carbonyl (C=O) groups is 6. The fourth-order valence-electron chi connectivity index (χ4n) is 1.87. The second kappa shape index (κ2) is 5.96. The van der Waals surface area contributed by atoms with E-state index in [1.807, 2.05) is 0 Å². The molecule has 0 aromatic rings. The highest BCUT2D eigenvalue weighted by molar-refractivity contribution is 8.19. The lowest BCUT2D eigenvalue weighted by Gasteiger charge is -2.14. The van der Waals surface area contributed by atoms with Crippen molar-refractivity contribution in [2.75, 3.05) is 13.1 Å². The molecule has 0 radical (unpaired) electrons. The van der Waals surface area contributed by atoms with Crippen LogP contribution in [0.5, 0.6) is 0 Å². The number of amides is 4. The molecule has 0 saturated carbocycles. The number of carbonyl (C=O) groups excluding carboxylic acids is 4. The van der Waals surface area contributed by atoms with E-state index in [9.17, 15) is 28.8 Å². The first kappa shape index (κ1) is 16.3. The molecule has 0 spiro atoms. The highest BCUT2D eigenvalue weighted by Crippen LogP contribution is 2.39. The fraction of sp³-hybridized carbons (Fsp3) is 0.400. The molecule has 2 saturated heterocycles. The van der Waals surface area contributed by atoms with Crippen molar-refractivity contribution in [2.45, 2.75) is 10.5 Å². The van der Waals surface area contributed by atoms with Crippen molar-refractivity contribution in [3.8, 4) is 0 Å². The van der Waals surface area contributed by atoms with Crippen LogP contribution in [-0.2, 0) is 19.2 Å². The Balaban J connectivity index is 2.16. The Labute approximate surface area is 130 Å². The smallest absolute Gasteiger partial charge is 0.323 e. The summed E-state index contributed by atoms with van der Waals surface area (Å²) in [6.07, 6.45) is 0. The number of carboxylic acids is 2. The van der Waals surface area contributed by atoms with Crippen LogP contribution in [-0.4, -0.2) is 77.8 Å². The zero-order chi connectivity index (χ0) is 16.6. The van der Waals surface area contributed by atoms with Gasteiger partial charge >= 0.3 is 11.9 Å². The summed E-state index contributed by atoms with van der Waals surface area (Å²) in [4.78, 5) is 69.5. The molecule has 0 aliphatic carbocycles. The number of hydrogen-bond donors (Lipinski definition) is 2. The van der Waals surface area contributed by atoms with E-state index in [0.717, 1.165) is 0 Å². The molecule has 0 bridgehead atoms.